The Kier molecular flexibility index (Phi) is 7.35. The number of rotatable bonds is 9. The summed E-state index contributed by atoms with van der Waals surface area (Å²) in [6.07, 6.45) is -2.41. The molecule has 0 aliphatic carbocycles. The van der Waals surface area contributed by atoms with Crippen molar-refractivity contribution in [2.24, 2.45) is 0 Å². The van der Waals surface area contributed by atoms with E-state index in [-0.39, 0.29) is 17.4 Å². The summed E-state index contributed by atoms with van der Waals surface area (Å²) in [4.78, 5) is 18.4. The van der Waals surface area contributed by atoms with Crippen LogP contribution in [0.2, 0.25) is 0 Å². The molecule has 14 heteroatoms. The van der Waals surface area contributed by atoms with Gasteiger partial charge >= 0.3 is 18.7 Å². The molecule has 9 nitrogen and oxygen atoms in total. The summed E-state index contributed by atoms with van der Waals surface area (Å²) in [5.41, 5.74) is 1.81. The topological polar surface area (TPSA) is 94.6 Å². The fraction of sp³-hybridized carbons (Fsp3) is 0.393. The largest absolute Gasteiger partial charge is 0.487 e. The average molecular weight is 592 g/mol. The molecule has 2 aliphatic heterocycles. The molecule has 1 saturated heterocycles. The van der Waals surface area contributed by atoms with Crippen LogP contribution >= 0.6 is 0 Å². The van der Waals surface area contributed by atoms with E-state index < -0.39 is 36.6 Å². The van der Waals surface area contributed by atoms with Gasteiger partial charge in [0.2, 0.25) is 0 Å². The number of nitrogens with zero attached hydrogens (tertiary/aromatic N) is 5. The number of carboxylic acid groups (broad SMARTS) is 1. The van der Waals surface area contributed by atoms with E-state index in [1.165, 1.54) is 18.2 Å². The first-order chi connectivity index (χ1) is 20.0. The lowest BCUT2D eigenvalue weighted by molar-refractivity contribution is -0.139. The number of alkyl halides is 5. The van der Waals surface area contributed by atoms with Crippen molar-refractivity contribution in [3.8, 4) is 5.75 Å². The number of halogens is 5. The van der Waals surface area contributed by atoms with Crippen molar-refractivity contribution in [3.63, 3.8) is 0 Å². The highest BCUT2D eigenvalue weighted by Crippen LogP contribution is 2.40. The Morgan fingerprint density at radius 3 is 2.64 bits per heavy atom. The number of carbonyl (C=O) groups is 1. The van der Waals surface area contributed by atoms with Gasteiger partial charge in [0.05, 0.1) is 41.4 Å². The van der Waals surface area contributed by atoms with E-state index in [1.54, 1.807) is 12.1 Å². The van der Waals surface area contributed by atoms with E-state index in [1.807, 2.05) is 4.57 Å². The number of carboxylic acids is 1. The van der Waals surface area contributed by atoms with Crippen LogP contribution in [-0.2, 0) is 43.6 Å². The molecule has 4 heterocycles. The Morgan fingerprint density at radius 2 is 1.98 bits per heavy atom. The SMILES string of the molecule is O=C(O)c1ccc2nc(CN3CCc4cc(C(F)(F)F)c(OCc5ccn(C(F)F)n5)cc4C3)n(C[C@@H]3CCO3)c2c1. The summed E-state index contributed by atoms with van der Waals surface area (Å²) in [5.74, 6) is -0.743. The van der Waals surface area contributed by atoms with Gasteiger partial charge in [0.25, 0.3) is 0 Å². The average Bonchev–Trinajstić information content (AvgIpc) is 3.52. The van der Waals surface area contributed by atoms with Gasteiger partial charge < -0.3 is 19.1 Å². The number of aromatic nitrogens is 4. The Bertz CT molecular complexity index is 1630. The summed E-state index contributed by atoms with van der Waals surface area (Å²) < 4.78 is 80.9. The van der Waals surface area contributed by atoms with Crippen molar-refractivity contribution in [1.29, 1.82) is 0 Å². The lowest BCUT2D eigenvalue weighted by Crippen LogP contribution is -2.34. The molecule has 0 amide bonds. The third-order valence-corrected chi connectivity index (χ3v) is 7.56. The minimum atomic E-state index is -4.67. The zero-order valence-corrected chi connectivity index (χ0v) is 22.2. The Labute approximate surface area is 236 Å². The quantitative estimate of drug-likeness (QED) is 0.265. The van der Waals surface area contributed by atoms with Crippen molar-refractivity contribution < 1.29 is 41.3 Å². The molecule has 1 N–H and O–H groups in total. The molecule has 0 radical (unpaired) electrons. The van der Waals surface area contributed by atoms with Crippen LogP contribution in [0.4, 0.5) is 22.0 Å². The van der Waals surface area contributed by atoms with Crippen LogP contribution in [-0.4, -0.2) is 54.6 Å². The molecule has 42 heavy (non-hydrogen) atoms. The zero-order valence-electron chi connectivity index (χ0n) is 22.2. The lowest BCUT2D eigenvalue weighted by atomic mass is 9.96. The number of hydrogen-bond donors (Lipinski definition) is 1. The first kappa shape index (κ1) is 28.1. The molecule has 4 aromatic rings. The summed E-state index contributed by atoms with van der Waals surface area (Å²) >= 11 is 0. The van der Waals surface area contributed by atoms with Crippen LogP contribution in [0.25, 0.3) is 11.0 Å². The second-order valence-electron chi connectivity index (χ2n) is 10.4. The third kappa shape index (κ3) is 5.68. The Morgan fingerprint density at radius 1 is 1.17 bits per heavy atom. The minimum absolute atomic E-state index is 0.00991. The van der Waals surface area contributed by atoms with Crippen LogP contribution in [0.1, 0.15) is 51.5 Å². The van der Waals surface area contributed by atoms with Gasteiger partial charge in [-0.1, -0.05) is 0 Å². The van der Waals surface area contributed by atoms with E-state index in [2.05, 4.69) is 10.00 Å². The number of hydrogen-bond acceptors (Lipinski definition) is 6. The van der Waals surface area contributed by atoms with Gasteiger partial charge in [-0.15, -0.1) is 0 Å². The first-order valence-corrected chi connectivity index (χ1v) is 13.3. The molecule has 6 rings (SSSR count). The number of imidazole rings is 1. The lowest BCUT2D eigenvalue weighted by Gasteiger charge is -2.31. The van der Waals surface area contributed by atoms with Crippen molar-refractivity contribution in [1.82, 2.24) is 24.2 Å². The van der Waals surface area contributed by atoms with E-state index in [0.717, 1.165) is 18.7 Å². The van der Waals surface area contributed by atoms with Gasteiger partial charge in [0.15, 0.2) is 0 Å². The van der Waals surface area contributed by atoms with E-state index in [9.17, 15) is 31.9 Å². The van der Waals surface area contributed by atoms with Crippen molar-refractivity contribution in [2.45, 2.75) is 57.9 Å². The van der Waals surface area contributed by atoms with Crippen molar-refractivity contribution >= 4 is 17.0 Å². The van der Waals surface area contributed by atoms with E-state index in [0.29, 0.717) is 71.9 Å². The molecule has 1 fully saturated rings. The monoisotopic (exact) mass is 591 g/mol. The number of ether oxygens (including phenoxy) is 2. The smallest absolute Gasteiger partial charge is 0.419 e. The fourth-order valence-electron chi connectivity index (χ4n) is 5.30. The van der Waals surface area contributed by atoms with Crippen molar-refractivity contribution in [2.75, 3.05) is 13.2 Å². The second-order valence-corrected chi connectivity index (χ2v) is 10.4. The van der Waals surface area contributed by atoms with Gasteiger partial charge in [0.1, 0.15) is 23.9 Å². The van der Waals surface area contributed by atoms with Gasteiger partial charge in [-0.2, -0.15) is 27.1 Å². The van der Waals surface area contributed by atoms with Crippen LogP contribution in [0.5, 0.6) is 5.75 Å². The third-order valence-electron chi connectivity index (χ3n) is 7.56. The molecule has 1 atom stereocenters. The molecule has 0 bridgehead atoms. The highest BCUT2D eigenvalue weighted by atomic mass is 19.4. The highest BCUT2D eigenvalue weighted by molar-refractivity contribution is 5.92. The molecule has 2 aromatic heterocycles. The van der Waals surface area contributed by atoms with Crippen LogP contribution in [0.3, 0.4) is 0 Å². The summed E-state index contributed by atoms with van der Waals surface area (Å²) in [5, 5.41) is 13.1. The number of fused-ring (bicyclic) bond motifs is 2. The number of benzene rings is 2. The molecular formula is C28H26F5N5O4. The van der Waals surface area contributed by atoms with Crippen LogP contribution in [0, 0.1) is 0 Å². The van der Waals surface area contributed by atoms with E-state index in [4.69, 9.17) is 14.5 Å². The Balaban J connectivity index is 1.26. The van der Waals surface area contributed by atoms with Gasteiger partial charge in [-0.05, 0) is 60.4 Å². The maximum Gasteiger partial charge on any atom is 0.419 e. The van der Waals surface area contributed by atoms with Gasteiger partial charge in [-0.25, -0.2) is 14.5 Å². The minimum Gasteiger partial charge on any atom is -0.487 e. The summed E-state index contributed by atoms with van der Waals surface area (Å²) in [7, 11) is 0. The first-order valence-electron chi connectivity index (χ1n) is 13.3. The van der Waals surface area contributed by atoms with Crippen LogP contribution in [0.15, 0.2) is 42.6 Å². The van der Waals surface area contributed by atoms with E-state index >= 15 is 0 Å². The maximum atomic E-state index is 13.9. The van der Waals surface area contributed by atoms with Gasteiger partial charge in [-0.3, -0.25) is 4.90 Å². The van der Waals surface area contributed by atoms with Crippen LogP contribution < -0.4 is 4.74 Å². The summed E-state index contributed by atoms with van der Waals surface area (Å²) in [6, 6.07) is 8.47. The maximum absolute atomic E-state index is 13.9. The Hall–Kier alpha value is -4.04. The van der Waals surface area contributed by atoms with Gasteiger partial charge in [0, 0.05) is 25.9 Å². The highest BCUT2D eigenvalue weighted by Gasteiger charge is 2.36. The molecule has 2 aromatic carbocycles. The molecular weight excluding hydrogens is 565 g/mol. The summed E-state index contributed by atoms with van der Waals surface area (Å²) in [6.45, 7) is -0.913. The normalized spacial score (nSPS) is 17.4. The second kappa shape index (κ2) is 11.0. The molecule has 0 unspecified atom stereocenters. The standard InChI is InChI=1S/C28H26F5N5O4/c29-27(30)38-7-4-19(35-38)15-42-24-11-18-12-36(6-3-16(18)9-21(24)28(31,32)33)14-25-34-22-2-1-17(26(39)40)10-23(22)37(25)13-20-5-8-41-20/h1-2,4,7,9-11,20,27H,3,5-6,8,12-15H2,(H,39,40)/t20-/m0/s1. The molecule has 2 aliphatic rings. The fourth-order valence-corrected chi connectivity index (χ4v) is 5.30. The van der Waals surface area contributed by atoms with Crippen molar-refractivity contribution in [3.05, 3.63) is 76.4 Å². The number of aromatic carboxylic acids is 1. The predicted octanol–water partition coefficient (Wildman–Crippen LogP) is 5.27. The molecule has 222 valence electrons. The predicted molar refractivity (Wildman–Crippen MR) is 138 cm³/mol. The molecule has 0 saturated carbocycles. The zero-order chi connectivity index (χ0) is 29.6. The molecule has 0 spiro atoms.